The Morgan fingerprint density at radius 2 is 1.79 bits per heavy atom. The van der Waals surface area contributed by atoms with Crippen LogP contribution < -0.4 is 0 Å². The number of rotatable bonds is 7. The molecular weight excluding hydrogens is 216 g/mol. The van der Waals surface area contributed by atoms with Gasteiger partial charge in [0.15, 0.2) is 0 Å². The summed E-state index contributed by atoms with van der Waals surface area (Å²) in [7, 11) is -4.42. The molecule has 0 aromatic rings. The lowest BCUT2D eigenvalue weighted by Gasteiger charge is -2.15. The minimum atomic E-state index is -3.24. The molecule has 0 bridgehead atoms. The van der Waals surface area contributed by atoms with Gasteiger partial charge in [0.2, 0.25) is 0 Å². The molecule has 0 radical (unpaired) electrons. The van der Waals surface area contributed by atoms with Crippen molar-refractivity contribution < 1.29 is 12.6 Å². The second-order valence-corrected chi connectivity index (χ2v) is 12.1. The Bertz CT molecular complexity index is 241. The van der Waals surface area contributed by atoms with E-state index >= 15 is 0 Å². The van der Waals surface area contributed by atoms with Crippen LogP contribution in [0.4, 0.5) is 0 Å². The molecule has 0 atom stereocenters. The van der Waals surface area contributed by atoms with E-state index in [0.29, 0.717) is 13.0 Å². The SMILES string of the molecule is CCCCS(=O)(=O)OCC[Si](C)(C)C. The smallest absolute Gasteiger partial charge is 0.267 e. The van der Waals surface area contributed by atoms with Crippen LogP contribution in [-0.2, 0) is 14.3 Å². The highest BCUT2D eigenvalue weighted by Gasteiger charge is 2.16. The van der Waals surface area contributed by atoms with Crippen molar-refractivity contribution in [3.63, 3.8) is 0 Å². The van der Waals surface area contributed by atoms with Crippen LogP contribution in [0.1, 0.15) is 19.8 Å². The van der Waals surface area contributed by atoms with E-state index in [9.17, 15) is 8.42 Å². The summed E-state index contributed by atoms with van der Waals surface area (Å²) in [6.45, 7) is 8.94. The standard InChI is InChI=1S/C9H22O3SSi/c1-5-6-8-13(10,11)12-7-9-14(2,3)4/h5-9H2,1-4H3. The molecule has 0 spiro atoms. The molecule has 0 aromatic carbocycles. The molecule has 0 saturated carbocycles. The molecule has 5 heteroatoms. The maximum Gasteiger partial charge on any atom is 0.267 e. The molecule has 0 N–H and O–H groups in total. The van der Waals surface area contributed by atoms with Crippen LogP contribution in [0.25, 0.3) is 0 Å². The lowest BCUT2D eigenvalue weighted by atomic mass is 10.4. The van der Waals surface area contributed by atoms with Gasteiger partial charge in [-0.2, -0.15) is 8.42 Å². The molecule has 0 unspecified atom stereocenters. The zero-order valence-electron chi connectivity index (χ0n) is 9.67. The third-order valence-electron chi connectivity index (χ3n) is 1.86. The largest absolute Gasteiger partial charge is 0.270 e. The van der Waals surface area contributed by atoms with Crippen molar-refractivity contribution in [2.75, 3.05) is 12.4 Å². The Hall–Kier alpha value is 0.127. The Morgan fingerprint density at radius 1 is 1.21 bits per heavy atom. The molecule has 0 aliphatic rings. The van der Waals surface area contributed by atoms with Crippen molar-refractivity contribution in [3.05, 3.63) is 0 Å². The van der Waals surface area contributed by atoms with Crippen LogP contribution in [0, 0.1) is 0 Å². The van der Waals surface area contributed by atoms with Gasteiger partial charge in [-0.3, -0.25) is 4.18 Å². The second-order valence-electron chi connectivity index (χ2n) is 4.75. The molecule has 0 aliphatic carbocycles. The van der Waals surface area contributed by atoms with E-state index in [1.165, 1.54) is 0 Å². The average Bonchev–Trinajstić information content (AvgIpc) is 1.98. The van der Waals surface area contributed by atoms with Crippen molar-refractivity contribution in [3.8, 4) is 0 Å². The summed E-state index contributed by atoms with van der Waals surface area (Å²) in [4.78, 5) is 0. The van der Waals surface area contributed by atoms with E-state index in [0.717, 1.165) is 12.5 Å². The minimum absolute atomic E-state index is 0.162. The summed E-state index contributed by atoms with van der Waals surface area (Å²) < 4.78 is 27.5. The minimum Gasteiger partial charge on any atom is -0.270 e. The Kier molecular flexibility index (Phi) is 5.93. The van der Waals surface area contributed by atoms with Crippen LogP contribution in [-0.4, -0.2) is 28.9 Å². The Morgan fingerprint density at radius 3 is 2.21 bits per heavy atom. The summed E-state index contributed by atoms with van der Waals surface area (Å²) in [5.41, 5.74) is 0. The van der Waals surface area contributed by atoms with Gasteiger partial charge in [-0.05, 0) is 12.5 Å². The van der Waals surface area contributed by atoms with Gasteiger partial charge >= 0.3 is 0 Å². The van der Waals surface area contributed by atoms with Crippen LogP contribution in [0.3, 0.4) is 0 Å². The van der Waals surface area contributed by atoms with Gasteiger partial charge in [0.1, 0.15) is 0 Å². The number of unbranched alkanes of at least 4 members (excludes halogenated alkanes) is 1. The normalized spacial score (nSPS) is 13.1. The van der Waals surface area contributed by atoms with Gasteiger partial charge in [-0.15, -0.1) is 0 Å². The van der Waals surface area contributed by atoms with Crippen molar-refractivity contribution in [1.29, 1.82) is 0 Å². The Labute approximate surface area is 89.0 Å². The van der Waals surface area contributed by atoms with Crippen molar-refractivity contribution in [2.24, 2.45) is 0 Å². The molecule has 0 amide bonds. The van der Waals surface area contributed by atoms with Gasteiger partial charge < -0.3 is 0 Å². The molecule has 86 valence electrons. The molecule has 0 heterocycles. The van der Waals surface area contributed by atoms with Gasteiger partial charge in [0.25, 0.3) is 10.1 Å². The topological polar surface area (TPSA) is 43.4 Å². The zero-order chi connectivity index (χ0) is 11.2. The third-order valence-corrected chi connectivity index (χ3v) is 4.88. The zero-order valence-corrected chi connectivity index (χ0v) is 11.5. The van der Waals surface area contributed by atoms with Crippen molar-refractivity contribution in [1.82, 2.24) is 0 Å². The Balaban J connectivity index is 3.78. The molecule has 0 aromatic heterocycles. The third kappa shape index (κ3) is 8.71. The van der Waals surface area contributed by atoms with Crippen LogP contribution in [0.5, 0.6) is 0 Å². The molecule has 3 nitrogen and oxygen atoms in total. The highest BCUT2D eigenvalue weighted by molar-refractivity contribution is 7.86. The van der Waals surface area contributed by atoms with Gasteiger partial charge in [-0.25, -0.2) is 0 Å². The maximum absolute atomic E-state index is 11.3. The van der Waals surface area contributed by atoms with Gasteiger partial charge in [0.05, 0.1) is 12.4 Å². The van der Waals surface area contributed by atoms with Crippen molar-refractivity contribution in [2.45, 2.75) is 45.5 Å². The van der Waals surface area contributed by atoms with Crippen molar-refractivity contribution >= 4 is 18.2 Å². The summed E-state index contributed by atoms with van der Waals surface area (Å²) in [5, 5.41) is 0. The van der Waals surface area contributed by atoms with E-state index in [4.69, 9.17) is 4.18 Å². The number of hydrogen-bond donors (Lipinski definition) is 0. The summed E-state index contributed by atoms with van der Waals surface area (Å²) in [6.07, 6.45) is 1.58. The predicted octanol–water partition coefficient (Wildman–Crippen LogP) is 2.47. The van der Waals surface area contributed by atoms with E-state index in [2.05, 4.69) is 19.6 Å². The van der Waals surface area contributed by atoms with E-state index in [1.54, 1.807) is 0 Å². The fourth-order valence-corrected chi connectivity index (χ4v) is 2.81. The van der Waals surface area contributed by atoms with Gasteiger partial charge in [0, 0.05) is 8.07 Å². The lowest BCUT2D eigenvalue weighted by molar-refractivity contribution is 0.335. The first-order valence-electron chi connectivity index (χ1n) is 5.14. The molecule has 0 saturated heterocycles. The summed E-state index contributed by atoms with van der Waals surface area (Å²) in [5.74, 6) is 0.162. The highest BCUT2D eigenvalue weighted by atomic mass is 32.2. The number of hydrogen-bond acceptors (Lipinski definition) is 3. The molecular formula is C9H22O3SSi. The first kappa shape index (κ1) is 14.1. The maximum atomic E-state index is 11.3. The van der Waals surface area contributed by atoms with Crippen LogP contribution >= 0.6 is 0 Å². The fraction of sp³-hybridized carbons (Fsp3) is 1.00. The first-order valence-corrected chi connectivity index (χ1v) is 10.4. The molecule has 0 fully saturated rings. The van der Waals surface area contributed by atoms with Crippen LogP contribution in [0.15, 0.2) is 0 Å². The van der Waals surface area contributed by atoms with Gasteiger partial charge in [-0.1, -0.05) is 33.0 Å². The second kappa shape index (κ2) is 5.88. The molecule has 14 heavy (non-hydrogen) atoms. The lowest BCUT2D eigenvalue weighted by Crippen LogP contribution is -2.23. The van der Waals surface area contributed by atoms with E-state index in [1.807, 2.05) is 6.92 Å². The summed E-state index contributed by atoms with van der Waals surface area (Å²) >= 11 is 0. The molecule has 0 rings (SSSR count). The average molecular weight is 238 g/mol. The van der Waals surface area contributed by atoms with E-state index < -0.39 is 18.2 Å². The predicted molar refractivity (Wildman–Crippen MR) is 62.8 cm³/mol. The highest BCUT2D eigenvalue weighted by Crippen LogP contribution is 2.09. The monoisotopic (exact) mass is 238 g/mol. The summed E-state index contributed by atoms with van der Waals surface area (Å²) in [6, 6.07) is 0.901. The fourth-order valence-electron chi connectivity index (χ4n) is 0.855. The van der Waals surface area contributed by atoms with Crippen LogP contribution in [0.2, 0.25) is 25.7 Å². The molecule has 0 aliphatic heterocycles. The quantitative estimate of drug-likeness (QED) is 0.505. The first-order chi connectivity index (χ1) is 6.27. The van der Waals surface area contributed by atoms with E-state index in [-0.39, 0.29) is 5.75 Å².